The Morgan fingerprint density at radius 3 is 2.83 bits per heavy atom. The van der Waals surface area contributed by atoms with Crippen molar-refractivity contribution in [3.63, 3.8) is 0 Å². The van der Waals surface area contributed by atoms with Crippen LogP contribution in [-0.2, 0) is 0 Å². The molecule has 3 unspecified atom stereocenters. The van der Waals surface area contributed by atoms with Crippen LogP contribution in [-0.4, -0.2) is 30.1 Å². The first-order valence-corrected chi connectivity index (χ1v) is 8.56. The number of hydrogen-bond donors (Lipinski definition) is 1. The number of hydrogen-bond acceptors (Lipinski definition) is 3. The second-order valence-corrected chi connectivity index (χ2v) is 6.97. The van der Waals surface area contributed by atoms with Gasteiger partial charge in [0, 0.05) is 45.9 Å². The van der Waals surface area contributed by atoms with Crippen molar-refractivity contribution in [1.82, 2.24) is 10.2 Å². The van der Waals surface area contributed by atoms with E-state index in [0.29, 0.717) is 18.1 Å². The Morgan fingerprint density at radius 2 is 2.28 bits per heavy atom. The molecule has 1 fully saturated rings. The summed E-state index contributed by atoms with van der Waals surface area (Å²) in [7, 11) is 0. The minimum Gasteiger partial charge on any atom is -0.311 e. The summed E-state index contributed by atoms with van der Waals surface area (Å²) >= 11 is 5.43. The van der Waals surface area contributed by atoms with Crippen LogP contribution in [0.1, 0.15) is 44.5 Å². The Kier molecular flexibility index (Phi) is 5.24. The molecule has 2 rings (SSSR count). The van der Waals surface area contributed by atoms with Gasteiger partial charge >= 0.3 is 0 Å². The maximum atomic E-state index is 3.66. The fraction of sp³-hybridized carbons (Fsp3) is 0.714. The van der Waals surface area contributed by atoms with Crippen molar-refractivity contribution in [2.75, 3.05) is 13.1 Å². The predicted octanol–water partition coefficient (Wildman–Crippen LogP) is 4.03. The van der Waals surface area contributed by atoms with E-state index in [0.717, 1.165) is 6.54 Å². The molecule has 18 heavy (non-hydrogen) atoms. The minimum absolute atomic E-state index is 0.530. The largest absolute Gasteiger partial charge is 0.311 e. The van der Waals surface area contributed by atoms with Gasteiger partial charge in [-0.05, 0) is 41.8 Å². The molecule has 4 heteroatoms. The quantitative estimate of drug-likeness (QED) is 0.896. The molecule has 0 bridgehead atoms. The van der Waals surface area contributed by atoms with E-state index in [-0.39, 0.29) is 0 Å². The summed E-state index contributed by atoms with van der Waals surface area (Å²) in [6.45, 7) is 9.22. The lowest BCUT2D eigenvalue weighted by molar-refractivity contribution is 0.0865. The smallest absolute Gasteiger partial charge is 0.0417 e. The van der Waals surface area contributed by atoms with Crippen LogP contribution >= 0.6 is 27.3 Å². The molecular formula is C14H23BrN2S. The number of thiophene rings is 1. The van der Waals surface area contributed by atoms with E-state index in [9.17, 15) is 0 Å². The summed E-state index contributed by atoms with van der Waals surface area (Å²) in [6, 6.07) is 4.12. The van der Waals surface area contributed by atoms with Gasteiger partial charge in [-0.15, -0.1) is 11.3 Å². The summed E-state index contributed by atoms with van der Waals surface area (Å²) < 4.78 is 1.21. The molecule has 1 aliphatic rings. The summed E-state index contributed by atoms with van der Waals surface area (Å²) in [5.41, 5.74) is 0. The minimum atomic E-state index is 0.530. The van der Waals surface area contributed by atoms with Gasteiger partial charge in [-0.1, -0.05) is 13.8 Å². The third-order valence-electron chi connectivity index (χ3n) is 4.00. The zero-order valence-electron chi connectivity index (χ0n) is 11.4. The van der Waals surface area contributed by atoms with Gasteiger partial charge in [0.25, 0.3) is 0 Å². The highest BCUT2D eigenvalue weighted by molar-refractivity contribution is 9.10. The summed E-state index contributed by atoms with van der Waals surface area (Å²) in [6.07, 6.45) is 2.44. The van der Waals surface area contributed by atoms with Gasteiger partial charge in [0.1, 0.15) is 0 Å². The molecular weight excluding hydrogens is 308 g/mol. The Labute approximate surface area is 123 Å². The van der Waals surface area contributed by atoms with Crippen molar-refractivity contribution in [3.05, 3.63) is 20.8 Å². The average Bonchev–Trinajstić information content (AvgIpc) is 2.83. The lowest BCUT2D eigenvalue weighted by Crippen LogP contribution is -2.56. The molecule has 102 valence electrons. The highest BCUT2D eigenvalue weighted by Gasteiger charge is 2.30. The second kappa shape index (κ2) is 6.51. The zero-order chi connectivity index (χ0) is 13.1. The fourth-order valence-corrected chi connectivity index (χ4v) is 4.25. The lowest BCUT2D eigenvalue weighted by atomic mass is 10.0. The van der Waals surface area contributed by atoms with Crippen LogP contribution in [0.5, 0.6) is 0 Å². The van der Waals surface area contributed by atoms with Gasteiger partial charge < -0.3 is 5.32 Å². The van der Waals surface area contributed by atoms with E-state index in [1.165, 1.54) is 28.7 Å². The summed E-state index contributed by atoms with van der Waals surface area (Å²) in [5, 5.41) is 5.85. The van der Waals surface area contributed by atoms with E-state index >= 15 is 0 Å². The maximum absolute atomic E-state index is 3.66. The molecule has 0 saturated carbocycles. The van der Waals surface area contributed by atoms with Crippen LogP contribution in [0.15, 0.2) is 15.9 Å². The predicted molar refractivity (Wildman–Crippen MR) is 83.3 cm³/mol. The van der Waals surface area contributed by atoms with E-state index in [1.807, 2.05) is 11.3 Å². The molecule has 0 aromatic carbocycles. The average molecular weight is 331 g/mol. The van der Waals surface area contributed by atoms with Crippen LogP contribution in [0, 0.1) is 0 Å². The molecule has 0 spiro atoms. The van der Waals surface area contributed by atoms with Crippen LogP contribution in [0.25, 0.3) is 0 Å². The topological polar surface area (TPSA) is 15.3 Å². The van der Waals surface area contributed by atoms with Gasteiger partial charge in [0.2, 0.25) is 0 Å². The fourth-order valence-electron chi connectivity index (χ4n) is 2.73. The van der Waals surface area contributed by atoms with Crippen LogP contribution in [0.3, 0.4) is 0 Å². The molecule has 2 nitrogen and oxygen atoms in total. The first kappa shape index (κ1) is 14.5. The molecule has 0 amide bonds. The zero-order valence-corrected chi connectivity index (χ0v) is 13.9. The van der Waals surface area contributed by atoms with Gasteiger partial charge in [0.15, 0.2) is 0 Å². The Balaban J connectivity index is 2.12. The summed E-state index contributed by atoms with van der Waals surface area (Å²) in [4.78, 5) is 4.15. The van der Waals surface area contributed by atoms with Crippen molar-refractivity contribution >= 4 is 27.3 Å². The van der Waals surface area contributed by atoms with Crippen LogP contribution in [0.2, 0.25) is 0 Å². The van der Waals surface area contributed by atoms with E-state index < -0.39 is 0 Å². The number of piperazine rings is 1. The molecule has 0 radical (unpaired) electrons. The van der Waals surface area contributed by atoms with Gasteiger partial charge in [0.05, 0.1) is 0 Å². The highest BCUT2D eigenvalue weighted by Crippen LogP contribution is 2.32. The van der Waals surface area contributed by atoms with Crippen molar-refractivity contribution in [3.8, 4) is 0 Å². The monoisotopic (exact) mass is 330 g/mol. The lowest BCUT2D eigenvalue weighted by Gasteiger charge is -2.43. The molecule has 2 heterocycles. The molecule has 1 N–H and O–H groups in total. The number of nitrogens with one attached hydrogen (secondary N) is 1. The third kappa shape index (κ3) is 3.16. The Hall–Kier alpha value is 0.1000. The van der Waals surface area contributed by atoms with Crippen molar-refractivity contribution < 1.29 is 0 Å². The first-order valence-electron chi connectivity index (χ1n) is 6.88. The molecule has 1 aliphatic heterocycles. The van der Waals surface area contributed by atoms with Gasteiger partial charge in [-0.3, -0.25) is 4.90 Å². The number of nitrogens with zero attached hydrogens (tertiary/aromatic N) is 1. The Bertz CT molecular complexity index is 380. The Morgan fingerprint density at radius 1 is 1.50 bits per heavy atom. The molecule has 0 aliphatic carbocycles. The van der Waals surface area contributed by atoms with Gasteiger partial charge in [-0.2, -0.15) is 0 Å². The standard InChI is InChI=1S/C14H23BrN2S/c1-4-12-8-17(13(5-2)7-16-12)10(3)14-6-11(15)9-18-14/h6,9-10,12-13,16H,4-5,7-8H2,1-3H3. The molecule has 1 saturated heterocycles. The van der Waals surface area contributed by atoms with E-state index in [4.69, 9.17) is 0 Å². The van der Waals surface area contributed by atoms with Crippen molar-refractivity contribution in [1.29, 1.82) is 0 Å². The maximum Gasteiger partial charge on any atom is 0.0417 e. The highest BCUT2D eigenvalue weighted by atomic mass is 79.9. The van der Waals surface area contributed by atoms with Crippen LogP contribution in [0.4, 0.5) is 0 Å². The SMILES string of the molecule is CCC1CN(C(C)c2cc(Br)cs2)C(CC)CN1. The molecule has 1 aromatic rings. The number of halogens is 1. The summed E-state index contributed by atoms with van der Waals surface area (Å²) in [5.74, 6) is 0. The first-order chi connectivity index (χ1) is 8.65. The normalized spacial score (nSPS) is 27.3. The van der Waals surface area contributed by atoms with Crippen LogP contribution < -0.4 is 5.32 Å². The second-order valence-electron chi connectivity index (χ2n) is 5.12. The van der Waals surface area contributed by atoms with E-state index in [2.05, 4.69) is 58.4 Å². The number of rotatable bonds is 4. The third-order valence-corrected chi connectivity index (χ3v) is 5.87. The van der Waals surface area contributed by atoms with E-state index in [1.54, 1.807) is 0 Å². The van der Waals surface area contributed by atoms with Gasteiger partial charge in [-0.25, -0.2) is 0 Å². The molecule has 3 atom stereocenters. The van der Waals surface area contributed by atoms with Crippen molar-refractivity contribution in [2.45, 2.75) is 51.7 Å². The molecule has 1 aromatic heterocycles. The van der Waals surface area contributed by atoms with Crippen molar-refractivity contribution in [2.24, 2.45) is 0 Å².